The highest BCUT2D eigenvalue weighted by Crippen LogP contribution is 2.05. The maximum atomic E-state index is 13.0. The van der Waals surface area contributed by atoms with Gasteiger partial charge in [-0.05, 0) is 29.8 Å². The van der Waals surface area contributed by atoms with Gasteiger partial charge in [0.1, 0.15) is 5.82 Å². The number of ether oxygens (including phenoxy) is 1. The van der Waals surface area contributed by atoms with E-state index in [9.17, 15) is 18.8 Å². The smallest absolute Gasteiger partial charge is 0.310 e. The lowest BCUT2D eigenvalue weighted by Gasteiger charge is -2.06. The summed E-state index contributed by atoms with van der Waals surface area (Å²) in [7, 11) is 0. The van der Waals surface area contributed by atoms with Crippen LogP contribution in [0.25, 0.3) is 0 Å². The summed E-state index contributed by atoms with van der Waals surface area (Å²) in [5.41, 5.74) is 0.766. The van der Waals surface area contributed by atoms with E-state index in [4.69, 9.17) is 4.74 Å². The molecule has 0 aliphatic rings. The van der Waals surface area contributed by atoms with Gasteiger partial charge in [0, 0.05) is 5.56 Å². The van der Waals surface area contributed by atoms with Crippen molar-refractivity contribution in [3.8, 4) is 0 Å². The molecule has 23 heavy (non-hydrogen) atoms. The predicted molar refractivity (Wildman–Crippen MR) is 80.0 cm³/mol. The maximum absolute atomic E-state index is 13.0. The summed E-state index contributed by atoms with van der Waals surface area (Å²) in [6.45, 7) is -0.577. The van der Waals surface area contributed by atoms with Crippen LogP contribution in [0.3, 0.4) is 0 Å². The van der Waals surface area contributed by atoms with Crippen LogP contribution >= 0.6 is 0 Å². The van der Waals surface area contributed by atoms with Gasteiger partial charge in [0.15, 0.2) is 6.61 Å². The van der Waals surface area contributed by atoms with Crippen molar-refractivity contribution in [1.29, 1.82) is 0 Å². The zero-order valence-electron chi connectivity index (χ0n) is 12.1. The third-order valence-corrected chi connectivity index (χ3v) is 2.89. The van der Waals surface area contributed by atoms with Crippen molar-refractivity contribution in [2.24, 2.45) is 0 Å². The number of carbonyl (C=O) groups is 3. The number of halogens is 1. The number of hydrogen-bond acceptors (Lipinski definition) is 4. The average molecular weight is 315 g/mol. The molecule has 0 spiro atoms. The molecule has 0 aliphatic carbocycles. The fourth-order valence-electron chi connectivity index (χ4n) is 1.84. The van der Waals surface area contributed by atoms with Gasteiger partial charge in [0.05, 0.1) is 6.42 Å². The van der Waals surface area contributed by atoms with Crippen LogP contribution in [0.4, 0.5) is 4.39 Å². The number of esters is 1. The van der Waals surface area contributed by atoms with Crippen molar-refractivity contribution in [2.45, 2.75) is 6.42 Å². The van der Waals surface area contributed by atoms with Crippen molar-refractivity contribution in [2.75, 3.05) is 6.61 Å². The molecule has 0 radical (unpaired) electrons. The molecule has 2 amide bonds. The first kappa shape index (κ1) is 16.4. The summed E-state index contributed by atoms with van der Waals surface area (Å²) in [6.07, 6.45) is -0.155. The minimum absolute atomic E-state index is 0.155. The monoisotopic (exact) mass is 315 g/mol. The molecule has 5 nitrogen and oxygen atoms in total. The van der Waals surface area contributed by atoms with Crippen LogP contribution in [0.1, 0.15) is 15.9 Å². The molecule has 0 aromatic heterocycles. The third-order valence-electron chi connectivity index (χ3n) is 2.89. The second kappa shape index (κ2) is 7.84. The Kier molecular flexibility index (Phi) is 5.57. The lowest BCUT2D eigenvalue weighted by Crippen LogP contribution is -2.34. The molecule has 0 aliphatic heterocycles. The number of imide groups is 1. The SMILES string of the molecule is O=C(COC(=O)Cc1cccc(F)c1)NC(=O)c1ccccc1. The highest BCUT2D eigenvalue weighted by molar-refractivity contribution is 6.05. The minimum Gasteiger partial charge on any atom is -0.455 e. The standard InChI is InChI=1S/C17H14FNO4/c18-14-8-4-5-12(9-14)10-16(21)23-11-15(20)19-17(22)13-6-2-1-3-7-13/h1-9H,10-11H2,(H,19,20,22). The minimum atomic E-state index is -0.730. The first-order valence-corrected chi connectivity index (χ1v) is 6.84. The number of nitrogens with one attached hydrogen (secondary N) is 1. The normalized spacial score (nSPS) is 9.96. The van der Waals surface area contributed by atoms with Gasteiger partial charge in [0.25, 0.3) is 11.8 Å². The van der Waals surface area contributed by atoms with E-state index in [1.54, 1.807) is 36.4 Å². The molecule has 0 fully saturated rings. The number of benzene rings is 2. The fourth-order valence-corrected chi connectivity index (χ4v) is 1.84. The van der Waals surface area contributed by atoms with Crippen molar-refractivity contribution >= 4 is 17.8 Å². The van der Waals surface area contributed by atoms with E-state index in [0.29, 0.717) is 11.1 Å². The van der Waals surface area contributed by atoms with Gasteiger partial charge in [-0.25, -0.2) is 4.39 Å². The summed E-state index contributed by atoms with van der Waals surface area (Å²) >= 11 is 0. The lowest BCUT2D eigenvalue weighted by atomic mass is 10.1. The van der Waals surface area contributed by atoms with Gasteiger partial charge in [-0.15, -0.1) is 0 Å². The zero-order valence-corrected chi connectivity index (χ0v) is 12.1. The van der Waals surface area contributed by atoms with Crippen molar-refractivity contribution in [3.63, 3.8) is 0 Å². The van der Waals surface area contributed by atoms with Crippen LogP contribution < -0.4 is 5.32 Å². The number of rotatable bonds is 5. The van der Waals surface area contributed by atoms with Gasteiger partial charge in [-0.1, -0.05) is 30.3 Å². The molecule has 0 bridgehead atoms. The first-order valence-electron chi connectivity index (χ1n) is 6.84. The van der Waals surface area contributed by atoms with E-state index in [1.165, 1.54) is 18.2 Å². The maximum Gasteiger partial charge on any atom is 0.310 e. The van der Waals surface area contributed by atoms with E-state index in [0.717, 1.165) is 0 Å². The van der Waals surface area contributed by atoms with E-state index < -0.39 is 30.2 Å². The number of carbonyl (C=O) groups excluding carboxylic acids is 3. The molecule has 0 atom stereocenters. The topological polar surface area (TPSA) is 72.5 Å². The molecule has 0 unspecified atom stereocenters. The van der Waals surface area contributed by atoms with Gasteiger partial charge in [-0.3, -0.25) is 19.7 Å². The molecule has 0 heterocycles. The summed E-state index contributed by atoms with van der Waals surface area (Å²) < 4.78 is 17.7. The molecule has 6 heteroatoms. The molecule has 2 rings (SSSR count). The highest BCUT2D eigenvalue weighted by Gasteiger charge is 2.12. The lowest BCUT2D eigenvalue weighted by molar-refractivity contribution is -0.147. The molecular formula is C17H14FNO4. The van der Waals surface area contributed by atoms with E-state index >= 15 is 0 Å². The van der Waals surface area contributed by atoms with E-state index in [-0.39, 0.29) is 6.42 Å². The first-order chi connectivity index (χ1) is 11.0. The molecular weight excluding hydrogens is 301 g/mol. The summed E-state index contributed by atoms with van der Waals surface area (Å²) in [4.78, 5) is 34.9. The highest BCUT2D eigenvalue weighted by atomic mass is 19.1. The van der Waals surface area contributed by atoms with Gasteiger partial charge in [0.2, 0.25) is 0 Å². The molecule has 1 N–H and O–H groups in total. The molecule has 2 aromatic rings. The summed E-state index contributed by atoms with van der Waals surface area (Å²) in [5, 5.41) is 2.11. The van der Waals surface area contributed by atoms with Crippen LogP contribution in [0.2, 0.25) is 0 Å². The largest absolute Gasteiger partial charge is 0.455 e. The predicted octanol–water partition coefficient (Wildman–Crippen LogP) is 1.87. The summed E-state index contributed by atoms with van der Waals surface area (Å²) in [5.74, 6) is -2.44. The molecule has 0 saturated carbocycles. The Labute approximate surface area is 132 Å². The van der Waals surface area contributed by atoms with E-state index in [2.05, 4.69) is 5.32 Å². The van der Waals surface area contributed by atoms with E-state index in [1.807, 2.05) is 0 Å². The van der Waals surface area contributed by atoms with Gasteiger partial charge >= 0.3 is 5.97 Å². The molecule has 0 saturated heterocycles. The average Bonchev–Trinajstić information content (AvgIpc) is 2.54. The van der Waals surface area contributed by atoms with Crippen LogP contribution in [0, 0.1) is 5.82 Å². The Morgan fingerprint density at radius 2 is 1.74 bits per heavy atom. The van der Waals surface area contributed by atoms with Crippen molar-refractivity contribution in [1.82, 2.24) is 5.32 Å². The number of amides is 2. The van der Waals surface area contributed by atoms with Crippen LogP contribution in [-0.4, -0.2) is 24.4 Å². The Morgan fingerprint density at radius 3 is 2.43 bits per heavy atom. The number of hydrogen-bond donors (Lipinski definition) is 1. The molecule has 2 aromatic carbocycles. The Morgan fingerprint density at radius 1 is 1.00 bits per heavy atom. The van der Waals surface area contributed by atoms with Gasteiger partial charge in [-0.2, -0.15) is 0 Å². The Bertz CT molecular complexity index is 716. The van der Waals surface area contributed by atoms with Crippen LogP contribution in [0.15, 0.2) is 54.6 Å². The third kappa shape index (κ3) is 5.35. The second-order valence-electron chi connectivity index (χ2n) is 4.71. The van der Waals surface area contributed by atoms with Crippen molar-refractivity contribution < 1.29 is 23.5 Å². The Balaban J connectivity index is 1.78. The van der Waals surface area contributed by atoms with Crippen LogP contribution in [0.5, 0.6) is 0 Å². The quantitative estimate of drug-likeness (QED) is 0.855. The zero-order chi connectivity index (χ0) is 16.7. The van der Waals surface area contributed by atoms with Crippen LogP contribution in [-0.2, 0) is 20.7 Å². The Hall–Kier alpha value is -3.02. The van der Waals surface area contributed by atoms with Gasteiger partial charge < -0.3 is 4.74 Å². The summed E-state index contributed by atoms with van der Waals surface area (Å²) in [6, 6.07) is 13.7. The fraction of sp³-hybridized carbons (Fsp3) is 0.118. The molecule has 118 valence electrons. The second-order valence-corrected chi connectivity index (χ2v) is 4.71. The van der Waals surface area contributed by atoms with Crippen molar-refractivity contribution in [3.05, 3.63) is 71.5 Å².